The predicted molar refractivity (Wildman–Crippen MR) is 90.7 cm³/mol. The van der Waals surface area contributed by atoms with Gasteiger partial charge in [0.2, 0.25) is 0 Å². The van der Waals surface area contributed by atoms with Gasteiger partial charge in [0.05, 0.1) is 7.11 Å². The number of ether oxygens (including phenoxy) is 1. The van der Waals surface area contributed by atoms with Crippen LogP contribution in [-0.4, -0.2) is 30.5 Å². The van der Waals surface area contributed by atoms with E-state index in [9.17, 15) is 14.4 Å². The fourth-order valence-corrected chi connectivity index (χ4v) is 2.23. The molecular weight excluding hydrogens is 308 g/mol. The van der Waals surface area contributed by atoms with Crippen molar-refractivity contribution in [3.05, 3.63) is 58.4 Å². The number of hydrogen-bond donors (Lipinski definition) is 2. The van der Waals surface area contributed by atoms with Gasteiger partial charge in [0.25, 0.3) is 11.5 Å². The molecule has 0 aliphatic carbocycles. The monoisotopic (exact) mass is 328 g/mol. The van der Waals surface area contributed by atoms with Crippen LogP contribution in [0.4, 0.5) is 0 Å². The van der Waals surface area contributed by atoms with Crippen molar-refractivity contribution in [1.29, 1.82) is 0 Å². The van der Waals surface area contributed by atoms with E-state index in [1.54, 1.807) is 6.07 Å². The Morgan fingerprint density at radius 2 is 1.83 bits per heavy atom. The third kappa shape index (κ3) is 4.81. The van der Waals surface area contributed by atoms with E-state index in [1.165, 1.54) is 13.2 Å². The van der Waals surface area contributed by atoms with Crippen molar-refractivity contribution >= 4 is 11.9 Å². The van der Waals surface area contributed by atoms with E-state index >= 15 is 0 Å². The quantitative estimate of drug-likeness (QED) is 0.602. The largest absolute Gasteiger partial charge is 0.469 e. The summed E-state index contributed by atoms with van der Waals surface area (Å²) in [5.41, 5.74) is 1.19. The zero-order chi connectivity index (χ0) is 17.4. The SMILES string of the molecule is COC(=O)CCCCNC(=O)c1ccc(-c2ccccc2)[nH]c1=O. The molecule has 1 aromatic carbocycles. The molecule has 1 amide bonds. The van der Waals surface area contributed by atoms with E-state index in [4.69, 9.17) is 0 Å². The number of carbonyl (C=O) groups excluding carboxylic acids is 2. The fraction of sp³-hybridized carbons (Fsp3) is 0.278. The lowest BCUT2D eigenvalue weighted by molar-refractivity contribution is -0.140. The van der Waals surface area contributed by atoms with Gasteiger partial charge in [0.1, 0.15) is 5.56 Å². The molecule has 0 spiro atoms. The maximum Gasteiger partial charge on any atom is 0.305 e. The molecule has 0 aliphatic rings. The van der Waals surface area contributed by atoms with Gasteiger partial charge in [-0.1, -0.05) is 30.3 Å². The number of benzene rings is 1. The van der Waals surface area contributed by atoms with Gasteiger partial charge in [-0.2, -0.15) is 0 Å². The topological polar surface area (TPSA) is 88.3 Å². The molecule has 0 bridgehead atoms. The average molecular weight is 328 g/mol. The molecule has 0 unspecified atom stereocenters. The van der Waals surface area contributed by atoms with Gasteiger partial charge in [-0.15, -0.1) is 0 Å². The highest BCUT2D eigenvalue weighted by molar-refractivity contribution is 5.94. The highest BCUT2D eigenvalue weighted by Crippen LogP contribution is 2.14. The molecule has 1 heterocycles. The summed E-state index contributed by atoms with van der Waals surface area (Å²) < 4.78 is 4.54. The van der Waals surface area contributed by atoms with Crippen LogP contribution in [0.25, 0.3) is 11.3 Å². The summed E-state index contributed by atoms with van der Waals surface area (Å²) in [5.74, 6) is -0.691. The predicted octanol–water partition coefficient (Wildman–Crippen LogP) is 2.11. The highest BCUT2D eigenvalue weighted by atomic mass is 16.5. The molecule has 2 aromatic rings. The van der Waals surface area contributed by atoms with E-state index in [-0.39, 0.29) is 11.5 Å². The van der Waals surface area contributed by atoms with Gasteiger partial charge in [-0.05, 0) is 30.5 Å². The number of methoxy groups -OCH3 is 1. The van der Waals surface area contributed by atoms with E-state index in [0.29, 0.717) is 31.5 Å². The number of H-pyrrole nitrogens is 1. The number of unbranched alkanes of at least 4 members (excludes halogenated alkanes) is 1. The number of aromatic nitrogens is 1. The number of hydrogen-bond acceptors (Lipinski definition) is 4. The minimum Gasteiger partial charge on any atom is -0.469 e. The highest BCUT2D eigenvalue weighted by Gasteiger charge is 2.11. The lowest BCUT2D eigenvalue weighted by atomic mass is 10.1. The molecular formula is C18H20N2O4. The molecule has 0 fully saturated rings. The number of esters is 1. The molecule has 2 rings (SSSR count). The summed E-state index contributed by atoms with van der Waals surface area (Å²) in [6, 6.07) is 12.6. The van der Waals surface area contributed by atoms with Crippen LogP contribution in [0.1, 0.15) is 29.6 Å². The Kier molecular flexibility index (Phi) is 6.31. The van der Waals surface area contributed by atoms with Gasteiger partial charge in [-0.3, -0.25) is 14.4 Å². The first-order chi connectivity index (χ1) is 11.6. The molecule has 6 nitrogen and oxygen atoms in total. The molecule has 0 aliphatic heterocycles. The second-order valence-electron chi connectivity index (χ2n) is 5.27. The van der Waals surface area contributed by atoms with Crippen LogP contribution in [0.2, 0.25) is 0 Å². The minimum absolute atomic E-state index is 0.0719. The van der Waals surface area contributed by atoms with Gasteiger partial charge in [0.15, 0.2) is 0 Å². The minimum atomic E-state index is -0.427. The Morgan fingerprint density at radius 3 is 2.50 bits per heavy atom. The van der Waals surface area contributed by atoms with Gasteiger partial charge in [-0.25, -0.2) is 0 Å². The molecule has 24 heavy (non-hydrogen) atoms. The lowest BCUT2D eigenvalue weighted by Crippen LogP contribution is -2.30. The Bertz CT molecular complexity index is 753. The third-order valence-electron chi connectivity index (χ3n) is 3.56. The lowest BCUT2D eigenvalue weighted by Gasteiger charge is -2.06. The molecule has 126 valence electrons. The van der Waals surface area contributed by atoms with E-state index in [2.05, 4.69) is 15.0 Å². The van der Waals surface area contributed by atoms with Crippen LogP contribution in [0.5, 0.6) is 0 Å². The number of pyridine rings is 1. The Labute approximate surface area is 139 Å². The maximum atomic E-state index is 12.1. The average Bonchev–Trinajstić information content (AvgIpc) is 2.61. The first-order valence-electron chi connectivity index (χ1n) is 7.75. The van der Waals surface area contributed by atoms with E-state index in [1.807, 2.05) is 30.3 Å². The standard InChI is InChI=1S/C18H20N2O4/c1-24-16(21)9-5-6-12-19-17(22)14-10-11-15(20-18(14)23)13-7-3-2-4-8-13/h2-4,7-8,10-11H,5-6,9,12H2,1H3,(H,19,22)(H,20,23). The molecule has 2 N–H and O–H groups in total. The summed E-state index contributed by atoms with van der Waals surface area (Å²) in [7, 11) is 1.34. The number of nitrogens with one attached hydrogen (secondary N) is 2. The summed E-state index contributed by atoms with van der Waals surface area (Å²) in [4.78, 5) is 37.8. The van der Waals surface area contributed by atoms with Crippen molar-refractivity contribution in [2.45, 2.75) is 19.3 Å². The molecule has 6 heteroatoms. The molecule has 1 aromatic heterocycles. The van der Waals surface area contributed by atoms with Crippen molar-refractivity contribution < 1.29 is 14.3 Å². The number of rotatable bonds is 7. The third-order valence-corrected chi connectivity index (χ3v) is 3.56. The van der Waals surface area contributed by atoms with Crippen LogP contribution in [0, 0.1) is 0 Å². The van der Waals surface area contributed by atoms with Crippen molar-refractivity contribution in [1.82, 2.24) is 10.3 Å². The first kappa shape index (κ1) is 17.5. The fourth-order valence-electron chi connectivity index (χ4n) is 2.23. The normalized spacial score (nSPS) is 10.2. The zero-order valence-corrected chi connectivity index (χ0v) is 13.5. The Morgan fingerprint density at radius 1 is 1.08 bits per heavy atom. The second-order valence-corrected chi connectivity index (χ2v) is 5.27. The van der Waals surface area contributed by atoms with Gasteiger partial charge >= 0.3 is 5.97 Å². The van der Waals surface area contributed by atoms with Crippen LogP contribution in [0.3, 0.4) is 0 Å². The molecule has 0 saturated heterocycles. The number of carbonyl (C=O) groups is 2. The van der Waals surface area contributed by atoms with Crippen molar-refractivity contribution in [2.24, 2.45) is 0 Å². The number of aromatic amines is 1. The number of amides is 1. The first-order valence-corrected chi connectivity index (χ1v) is 7.75. The molecule has 0 saturated carbocycles. The van der Waals surface area contributed by atoms with Crippen LogP contribution in [-0.2, 0) is 9.53 Å². The zero-order valence-electron chi connectivity index (χ0n) is 13.5. The summed E-state index contributed by atoms with van der Waals surface area (Å²) in [5, 5.41) is 2.68. The Hall–Kier alpha value is -2.89. The second kappa shape index (κ2) is 8.67. The molecule has 0 atom stereocenters. The van der Waals surface area contributed by atoms with Crippen LogP contribution in [0.15, 0.2) is 47.3 Å². The Balaban J connectivity index is 1.91. The van der Waals surface area contributed by atoms with Crippen LogP contribution < -0.4 is 10.9 Å². The summed E-state index contributed by atoms with van der Waals surface area (Å²) >= 11 is 0. The van der Waals surface area contributed by atoms with Crippen molar-refractivity contribution in [3.8, 4) is 11.3 Å². The van der Waals surface area contributed by atoms with E-state index < -0.39 is 11.5 Å². The van der Waals surface area contributed by atoms with Gasteiger partial charge < -0.3 is 15.0 Å². The van der Waals surface area contributed by atoms with E-state index in [0.717, 1.165) is 5.56 Å². The molecule has 0 radical (unpaired) electrons. The van der Waals surface area contributed by atoms with Gasteiger partial charge in [0, 0.05) is 18.7 Å². The summed E-state index contributed by atoms with van der Waals surface area (Å²) in [6.07, 6.45) is 1.58. The smallest absolute Gasteiger partial charge is 0.305 e. The van der Waals surface area contributed by atoms with Crippen LogP contribution >= 0.6 is 0 Å². The summed E-state index contributed by atoms with van der Waals surface area (Å²) in [6.45, 7) is 0.399. The van der Waals surface area contributed by atoms with Crippen molar-refractivity contribution in [3.63, 3.8) is 0 Å². The maximum absolute atomic E-state index is 12.1. The van der Waals surface area contributed by atoms with Crippen molar-refractivity contribution in [2.75, 3.05) is 13.7 Å².